The van der Waals surface area contributed by atoms with E-state index in [1.165, 1.54) is 33.4 Å². The summed E-state index contributed by atoms with van der Waals surface area (Å²) < 4.78 is 26.0. The molecule has 0 saturated heterocycles. The number of nitrogens with zero attached hydrogens (tertiary/aromatic N) is 2. The molecular weight excluding hydrogens is 865 g/mol. The fraction of sp³-hybridized carbons (Fsp3) is 0.492. The van der Waals surface area contributed by atoms with Crippen molar-refractivity contribution in [2.75, 3.05) is 64.3 Å². The lowest BCUT2D eigenvalue weighted by molar-refractivity contribution is 0.0110. The van der Waals surface area contributed by atoms with Crippen LogP contribution in [0.25, 0.3) is 0 Å². The van der Waals surface area contributed by atoms with Gasteiger partial charge in [-0.3, -0.25) is 4.90 Å². The molecule has 10 heteroatoms. The Morgan fingerprint density at radius 2 is 1.00 bits per heavy atom. The van der Waals surface area contributed by atoms with Gasteiger partial charge in [-0.2, -0.15) is 0 Å². The van der Waals surface area contributed by atoms with Gasteiger partial charge in [0.15, 0.2) is 0 Å². The average Bonchev–Trinajstić information content (AvgIpc) is 3.35. The lowest BCUT2D eigenvalue weighted by Gasteiger charge is -2.39. The predicted molar refractivity (Wildman–Crippen MR) is 279 cm³/mol. The highest BCUT2D eigenvalue weighted by Gasteiger charge is 2.30. The molecule has 0 aliphatic carbocycles. The van der Waals surface area contributed by atoms with Gasteiger partial charge >= 0.3 is 0 Å². The normalized spacial score (nSPS) is 16.1. The quantitative estimate of drug-likeness (QED) is 0.0476. The third-order valence-corrected chi connectivity index (χ3v) is 13.6. The van der Waals surface area contributed by atoms with Crippen LogP contribution in [0.4, 0.5) is 5.69 Å². The van der Waals surface area contributed by atoms with Crippen molar-refractivity contribution in [2.24, 2.45) is 0 Å². The van der Waals surface area contributed by atoms with Gasteiger partial charge in [-0.05, 0) is 145 Å². The fourth-order valence-electron chi connectivity index (χ4n) is 9.71. The van der Waals surface area contributed by atoms with E-state index < -0.39 is 24.2 Å². The number of aliphatic hydroxyl groups is 4. The zero-order valence-electron chi connectivity index (χ0n) is 42.3. The van der Waals surface area contributed by atoms with Crippen LogP contribution in [0.5, 0.6) is 23.0 Å². The van der Waals surface area contributed by atoms with Gasteiger partial charge in [-0.1, -0.05) is 102 Å². The SMILES string of the molecule is CCCc1ccc2c(c1)Cc1cc(CCC)ccc1OCC(CO)N(c1ccc(CCN(C(CO)COc3ccc(CCC)c(C)c3)C(CO)COc3ccc(CCC)c(C)c3)cc1)C(CO)CO2. The Morgan fingerprint density at radius 1 is 0.551 bits per heavy atom. The molecule has 0 spiro atoms. The van der Waals surface area contributed by atoms with Crippen molar-refractivity contribution in [3.05, 3.63) is 147 Å². The first-order valence-corrected chi connectivity index (χ1v) is 25.7. The largest absolute Gasteiger partial charge is 0.492 e. The lowest BCUT2D eigenvalue weighted by Crippen LogP contribution is -2.52. The second-order valence-corrected chi connectivity index (χ2v) is 18.9. The zero-order valence-corrected chi connectivity index (χ0v) is 42.3. The molecule has 0 aromatic heterocycles. The molecular formula is C59H80N2O8. The summed E-state index contributed by atoms with van der Waals surface area (Å²) in [5.74, 6) is 3.05. The van der Waals surface area contributed by atoms with Gasteiger partial charge in [0, 0.05) is 18.7 Å². The van der Waals surface area contributed by atoms with Gasteiger partial charge in [0.25, 0.3) is 0 Å². The Bertz CT molecular complexity index is 2180. The van der Waals surface area contributed by atoms with Crippen molar-refractivity contribution in [1.29, 1.82) is 0 Å². The van der Waals surface area contributed by atoms with E-state index in [0.717, 1.165) is 96.7 Å². The number of aryl methyl sites for hydroxylation is 6. The molecule has 5 aromatic rings. The van der Waals surface area contributed by atoms with E-state index in [9.17, 15) is 20.4 Å². The first-order chi connectivity index (χ1) is 33.6. The number of benzene rings is 5. The maximum absolute atomic E-state index is 11.0. The van der Waals surface area contributed by atoms with Gasteiger partial charge in [0.1, 0.15) is 49.4 Å². The summed E-state index contributed by atoms with van der Waals surface area (Å²) in [7, 11) is 0. The summed E-state index contributed by atoms with van der Waals surface area (Å²) in [4.78, 5) is 4.16. The molecule has 69 heavy (non-hydrogen) atoms. The Morgan fingerprint density at radius 3 is 1.41 bits per heavy atom. The van der Waals surface area contributed by atoms with Crippen molar-refractivity contribution >= 4 is 5.69 Å². The van der Waals surface area contributed by atoms with E-state index in [0.29, 0.717) is 19.4 Å². The minimum absolute atomic E-state index is 0.174. The van der Waals surface area contributed by atoms with Crippen LogP contribution in [0.15, 0.2) is 97.1 Å². The summed E-state index contributed by atoms with van der Waals surface area (Å²) in [5, 5.41) is 43.9. The molecule has 374 valence electrons. The van der Waals surface area contributed by atoms with E-state index in [2.05, 4.69) is 119 Å². The predicted octanol–water partition coefficient (Wildman–Crippen LogP) is 9.43. The summed E-state index contributed by atoms with van der Waals surface area (Å²) >= 11 is 0. The molecule has 0 radical (unpaired) electrons. The molecule has 0 amide bonds. The molecule has 0 fully saturated rings. The van der Waals surface area contributed by atoms with E-state index in [-0.39, 0.29) is 52.9 Å². The molecule has 6 rings (SSSR count). The smallest absolute Gasteiger partial charge is 0.122 e. The van der Waals surface area contributed by atoms with Crippen LogP contribution >= 0.6 is 0 Å². The summed E-state index contributed by atoms with van der Waals surface area (Å²) in [6, 6.07) is 31.6. The third-order valence-electron chi connectivity index (χ3n) is 13.6. The molecule has 1 aliphatic rings. The number of hydrogen-bond donors (Lipinski definition) is 4. The summed E-state index contributed by atoms with van der Waals surface area (Å²) in [6.07, 6.45) is 9.43. The maximum atomic E-state index is 11.0. The highest BCUT2D eigenvalue weighted by molar-refractivity contribution is 5.51. The molecule has 4 atom stereocenters. The zero-order chi connectivity index (χ0) is 49.1. The third kappa shape index (κ3) is 14.7. The van der Waals surface area contributed by atoms with Gasteiger partial charge in [-0.15, -0.1) is 0 Å². The number of anilines is 1. The van der Waals surface area contributed by atoms with E-state index >= 15 is 0 Å². The van der Waals surface area contributed by atoms with Crippen LogP contribution in [-0.4, -0.2) is 109 Å². The van der Waals surface area contributed by atoms with Crippen LogP contribution in [0.1, 0.15) is 103 Å². The first-order valence-electron chi connectivity index (χ1n) is 25.7. The molecule has 5 aromatic carbocycles. The Balaban J connectivity index is 1.25. The Kier molecular flexibility index (Phi) is 21.1. The van der Waals surface area contributed by atoms with Gasteiger partial charge in [0.2, 0.25) is 0 Å². The van der Waals surface area contributed by atoms with E-state index in [1.54, 1.807) is 0 Å². The number of hydrogen-bond acceptors (Lipinski definition) is 10. The molecule has 1 heterocycles. The molecule has 4 N–H and O–H groups in total. The number of ether oxygens (including phenoxy) is 4. The van der Waals surface area contributed by atoms with Crippen LogP contribution in [0, 0.1) is 13.8 Å². The molecule has 0 bridgehead atoms. The van der Waals surface area contributed by atoms with Crippen molar-refractivity contribution in [2.45, 2.75) is 130 Å². The highest BCUT2D eigenvalue weighted by Crippen LogP contribution is 2.32. The van der Waals surface area contributed by atoms with Crippen molar-refractivity contribution in [3.63, 3.8) is 0 Å². The van der Waals surface area contributed by atoms with Crippen LogP contribution in [0.3, 0.4) is 0 Å². The van der Waals surface area contributed by atoms with Crippen LogP contribution in [0.2, 0.25) is 0 Å². The van der Waals surface area contributed by atoms with Crippen LogP contribution < -0.4 is 23.8 Å². The van der Waals surface area contributed by atoms with Crippen molar-refractivity contribution in [3.8, 4) is 23.0 Å². The summed E-state index contributed by atoms with van der Waals surface area (Å²) in [5.41, 5.74) is 11.5. The highest BCUT2D eigenvalue weighted by atomic mass is 16.5. The topological polar surface area (TPSA) is 124 Å². The van der Waals surface area contributed by atoms with E-state index in [1.807, 2.05) is 29.2 Å². The summed E-state index contributed by atoms with van der Waals surface area (Å²) in [6.45, 7) is 13.5. The lowest BCUT2D eigenvalue weighted by atomic mass is 9.97. The molecule has 10 nitrogen and oxygen atoms in total. The fourth-order valence-corrected chi connectivity index (χ4v) is 9.71. The number of fused-ring (bicyclic) bond motifs is 2. The van der Waals surface area contributed by atoms with E-state index in [4.69, 9.17) is 18.9 Å². The minimum atomic E-state index is -0.491. The number of rotatable bonds is 24. The standard InChI is InChI=1S/C59H80N2O8/c1-7-11-45-17-25-58-49(31-45)33-50-32-46(12-8-2)18-26-59(50)69-41-55(37-65)61(54(36-64)40-68-58)51-21-15-44(16-22-51)27-28-60(52(34-62)38-66-56-23-19-47(13-9-3)42(5)29-56)53(35-63)39-67-57-24-20-48(14-10-4)43(6)30-57/h15-26,29-32,52-55,62-65H,7-14,27-28,33-41H2,1-6H3. The molecule has 1 aliphatic heterocycles. The van der Waals surface area contributed by atoms with Gasteiger partial charge < -0.3 is 44.3 Å². The van der Waals surface area contributed by atoms with Gasteiger partial charge in [0.05, 0.1) is 50.6 Å². The average molecular weight is 945 g/mol. The Labute approximate surface area is 412 Å². The second kappa shape index (κ2) is 27.3. The molecule has 0 saturated carbocycles. The van der Waals surface area contributed by atoms with Crippen molar-refractivity contribution in [1.82, 2.24) is 4.90 Å². The Hall–Kier alpha value is -5.10. The number of aliphatic hydroxyl groups excluding tert-OH is 4. The minimum Gasteiger partial charge on any atom is -0.492 e. The molecule has 4 unspecified atom stereocenters. The van der Waals surface area contributed by atoms with Crippen LogP contribution in [-0.2, 0) is 38.5 Å². The van der Waals surface area contributed by atoms with Crippen molar-refractivity contribution < 1.29 is 39.4 Å². The maximum Gasteiger partial charge on any atom is 0.122 e. The van der Waals surface area contributed by atoms with Gasteiger partial charge in [-0.25, -0.2) is 0 Å². The monoisotopic (exact) mass is 945 g/mol. The second-order valence-electron chi connectivity index (χ2n) is 18.9. The first kappa shape index (κ1) is 53.3.